The summed E-state index contributed by atoms with van der Waals surface area (Å²) >= 11 is 0. The van der Waals surface area contributed by atoms with Crippen LogP contribution in [-0.4, -0.2) is 38.1 Å². The topological polar surface area (TPSA) is 86.0 Å². The van der Waals surface area contributed by atoms with Crippen molar-refractivity contribution < 1.29 is 14.5 Å². The van der Waals surface area contributed by atoms with Crippen molar-refractivity contribution in [1.29, 1.82) is 0 Å². The van der Waals surface area contributed by atoms with Gasteiger partial charge in [-0.3, -0.25) is 19.9 Å². The molecule has 0 fully saturated rings. The number of ether oxygens (including phenoxy) is 1. The van der Waals surface area contributed by atoms with E-state index < -0.39 is 4.92 Å². The number of nitrogens with one attached hydrogen (secondary N) is 1. The van der Waals surface area contributed by atoms with Gasteiger partial charge in [-0.25, -0.2) is 5.48 Å². The Morgan fingerprint density at radius 2 is 2.31 bits per heavy atom. The van der Waals surface area contributed by atoms with Gasteiger partial charge in [0.25, 0.3) is 5.70 Å². The molecule has 0 rings (SSSR count). The summed E-state index contributed by atoms with van der Waals surface area (Å²) < 4.78 is 4.80. The van der Waals surface area contributed by atoms with Crippen LogP contribution in [0.15, 0.2) is 29.4 Å². The molecule has 0 unspecified atom stereocenters. The van der Waals surface area contributed by atoms with E-state index in [1.54, 1.807) is 7.11 Å². The monoisotopic (exact) mass is 229 g/mol. The van der Waals surface area contributed by atoms with Gasteiger partial charge < -0.3 is 4.74 Å². The Labute approximate surface area is 93.6 Å². The Morgan fingerprint density at radius 1 is 1.62 bits per heavy atom. The fourth-order valence-corrected chi connectivity index (χ4v) is 0.796. The summed E-state index contributed by atoms with van der Waals surface area (Å²) in [6.45, 7) is 4.13. The summed E-state index contributed by atoms with van der Waals surface area (Å²) in [6.07, 6.45) is 2.36. The molecule has 0 aliphatic heterocycles. The predicted molar refractivity (Wildman–Crippen MR) is 59.6 cm³/mol. The molecule has 0 saturated carbocycles. The molecule has 0 amide bonds. The molecule has 16 heavy (non-hydrogen) atoms. The fourth-order valence-electron chi connectivity index (χ4n) is 0.796. The lowest BCUT2D eigenvalue weighted by Gasteiger charge is -2.02. The van der Waals surface area contributed by atoms with Gasteiger partial charge in [0.15, 0.2) is 5.84 Å². The molecule has 0 aliphatic rings. The number of nitrogens with zero attached hydrogens (tertiary/aromatic N) is 2. The molecular formula is C9H15N3O4. The summed E-state index contributed by atoms with van der Waals surface area (Å²) in [6, 6.07) is 0. The van der Waals surface area contributed by atoms with Gasteiger partial charge in [-0.05, 0) is 0 Å². The number of amidine groups is 1. The van der Waals surface area contributed by atoms with Crippen molar-refractivity contribution in [3.05, 3.63) is 34.5 Å². The summed E-state index contributed by atoms with van der Waals surface area (Å²) in [7, 11) is 2.93. The quantitative estimate of drug-likeness (QED) is 0.172. The van der Waals surface area contributed by atoms with Gasteiger partial charge >= 0.3 is 0 Å². The van der Waals surface area contributed by atoms with E-state index >= 15 is 0 Å². The maximum absolute atomic E-state index is 10.5. The molecule has 0 aromatic carbocycles. The van der Waals surface area contributed by atoms with Crippen molar-refractivity contribution in [3.63, 3.8) is 0 Å². The molecule has 0 saturated heterocycles. The maximum Gasteiger partial charge on any atom is 0.272 e. The van der Waals surface area contributed by atoms with E-state index in [9.17, 15) is 10.1 Å². The van der Waals surface area contributed by atoms with Crippen molar-refractivity contribution >= 4 is 5.84 Å². The van der Waals surface area contributed by atoms with E-state index in [2.05, 4.69) is 21.9 Å². The third-order valence-corrected chi connectivity index (χ3v) is 1.49. The van der Waals surface area contributed by atoms with Crippen molar-refractivity contribution in [2.75, 3.05) is 27.4 Å². The van der Waals surface area contributed by atoms with Crippen LogP contribution in [0.5, 0.6) is 0 Å². The average molecular weight is 229 g/mol. The lowest BCUT2D eigenvalue weighted by molar-refractivity contribution is -0.418. The van der Waals surface area contributed by atoms with Gasteiger partial charge in [-0.2, -0.15) is 0 Å². The molecule has 0 heterocycles. The SMILES string of the molecule is C=C/C(=C\C(=NCCOC)NOC)[N+](=O)[O-]. The first kappa shape index (κ1) is 14.3. The van der Waals surface area contributed by atoms with Crippen LogP contribution >= 0.6 is 0 Å². The van der Waals surface area contributed by atoms with E-state index in [1.807, 2.05) is 0 Å². The second-order valence-electron chi connectivity index (χ2n) is 2.60. The zero-order valence-corrected chi connectivity index (χ0v) is 9.30. The summed E-state index contributed by atoms with van der Waals surface area (Å²) in [4.78, 5) is 18.6. The van der Waals surface area contributed by atoms with Gasteiger partial charge in [0.05, 0.1) is 31.3 Å². The Bertz CT molecular complexity index is 299. The molecule has 0 aliphatic carbocycles. The second-order valence-corrected chi connectivity index (χ2v) is 2.60. The molecule has 0 aromatic heterocycles. The highest BCUT2D eigenvalue weighted by Crippen LogP contribution is 1.96. The summed E-state index contributed by atoms with van der Waals surface area (Å²) in [5, 5.41) is 10.5. The highest BCUT2D eigenvalue weighted by Gasteiger charge is 2.06. The summed E-state index contributed by atoms with van der Waals surface area (Å²) in [5.74, 6) is 0.242. The van der Waals surface area contributed by atoms with Gasteiger partial charge in [-0.1, -0.05) is 6.58 Å². The maximum atomic E-state index is 10.5. The van der Waals surface area contributed by atoms with Crippen LogP contribution in [0.2, 0.25) is 0 Å². The van der Waals surface area contributed by atoms with Crippen LogP contribution in [0.25, 0.3) is 0 Å². The van der Waals surface area contributed by atoms with E-state index in [0.29, 0.717) is 13.2 Å². The Kier molecular flexibility index (Phi) is 7.64. The Hall–Kier alpha value is -1.73. The molecule has 90 valence electrons. The molecule has 7 heteroatoms. The predicted octanol–water partition coefficient (Wildman–Crippen LogP) is 0.529. The lowest BCUT2D eigenvalue weighted by Crippen LogP contribution is -2.22. The average Bonchev–Trinajstić information content (AvgIpc) is 2.25. The zero-order valence-electron chi connectivity index (χ0n) is 9.30. The standard InChI is InChI=1S/C9H15N3O4/c1-4-8(12(13)14)7-9(11-16-3)10-5-6-15-2/h4,7H,1,5-6H2,2-3H3,(H,10,11)/b8-7+. The molecule has 1 N–H and O–H groups in total. The fraction of sp³-hybridized carbons (Fsp3) is 0.444. The minimum absolute atomic E-state index is 0.166. The van der Waals surface area contributed by atoms with E-state index in [1.165, 1.54) is 13.2 Å². The number of hydroxylamine groups is 1. The van der Waals surface area contributed by atoms with Crippen molar-refractivity contribution in [1.82, 2.24) is 5.48 Å². The van der Waals surface area contributed by atoms with Crippen molar-refractivity contribution in [2.24, 2.45) is 4.99 Å². The van der Waals surface area contributed by atoms with Crippen molar-refractivity contribution in [2.45, 2.75) is 0 Å². The van der Waals surface area contributed by atoms with Crippen LogP contribution in [0.4, 0.5) is 0 Å². The zero-order chi connectivity index (χ0) is 12.4. The smallest absolute Gasteiger partial charge is 0.272 e. The summed E-state index contributed by atoms with van der Waals surface area (Å²) in [5.41, 5.74) is 2.26. The van der Waals surface area contributed by atoms with Crippen LogP contribution in [0.3, 0.4) is 0 Å². The minimum Gasteiger partial charge on any atom is -0.383 e. The van der Waals surface area contributed by atoms with Crippen LogP contribution in [-0.2, 0) is 9.57 Å². The minimum atomic E-state index is -0.559. The van der Waals surface area contributed by atoms with E-state index in [4.69, 9.17) is 4.74 Å². The van der Waals surface area contributed by atoms with Crippen LogP contribution in [0, 0.1) is 10.1 Å². The number of nitro groups is 1. The highest BCUT2D eigenvalue weighted by molar-refractivity contribution is 5.92. The van der Waals surface area contributed by atoms with Gasteiger partial charge in [-0.15, -0.1) is 0 Å². The number of hydrogen-bond acceptors (Lipinski definition) is 5. The number of hydrogen-bond donors (Lipinski definition) is 1. The first-order chi connectivity index (χ1) is 7.65. The normalized spacial score (nSPS) is 12.4. The molecule has 7 nitrogen and oxygen atoms in total. The molecule has 0 spiro atoms. The number of allylic oxidation sites excluding steroid dienone is 1. The molecule has 0 aromatic rings. The third kappa shape index (κ3) is 5.89. The third-order valence-electron chi connectivity index (χ3n) is 1.49. The first-order valence-electron chi connectivity index (χ1n) is 4.46. The lowest BCUT2D eigenvalue weighted by atomic mass is 10.4. The number of aliphatic imine (C=N–C) groups is 1. The van der Waals surface area contributed by atoms with Crippen LogP contribution < -0.4 is 5.48 Å². The van der Waals surface area contributed by atoms with Gasteiger partial charge in [0, 0.05) is 13.2 Å². The first-order valence-corrected chi connectivity index (χ1v) is 4.46. The number of rotatable bonds is 7. The van der Waals surface area contributed by atoms with Crippen molar-refractivity contribution in [3.8, 4) is 0 Å². The van der Waals surface area contributed by atoms with Gasteiger partial charge in [0.1, 0.15) is 0 Å². The Balaban J connectivity index is 4.69. The molecule has 0 atom stereocenters. The van der Waals surface area contributed by atoms with E-state index in [0.717, 1.165) is 6.08 Å². The van der Waals surface area contributed by atoms with Crippen LogP contribution in [0.1, 0.15) is 0 Å². The van der Waals surface area contributed by atoms with E-state index in [-0.39, 0.29) is 11.5 Å². The second kappa shape index (κ2) is 8.57. The highest BCUT2D eigenvalue weighted by atomic mass is 16.6. The molecule has 0 bridgehead atoms. The molecule has 0 radical (unpaired) electrons. The Morgan fingerprint density at radius 3 is 2.75 bits per heavy atom. The molecular weight excluding hydrogens is 214 g/mol. The van der Waals surface area contributed by atoms with Gasteiger partial charge in [0.2, 0.25) is 0 Å². The largest absolute Gasteiger partial charge is 0.383 e. The number of methoxy groups -OCH3 is 1.